The Kier molecular flexibility index (Phi) is 2.76. The van der Waals surface area contributed by atoms with Gasteiger partial charge in [0.15, 0.2) is 0 Å². The van der Waals surface area contributed by atoms with Crippen molar-refractivity contribution in [2.45, 2.75) is 13.3 Å². The third-order valence-electron chi connectivity index (χ3n) is 1.87. The highest BCUT2D eigenvalue weighted by Gasteiger charge is 2.15. The van der Waals surface area contributed by atoms with Gasteiger partial charge in [0.1, 0.15) is 0 Å². The number of hydrogen-bond acceptors (Lipinski definition) is 2. The molecule has 12 heavy (non-hydrogen) atoms. The Balaban J connectivity index is 2.73. The maximum absolute atomic E-state index is 10.6. The first-order valence-electron chi connectivity index (χ1n) is 3.75. The molecule has 1 unspecified atom stereocenters. The van der Waals surface area contributed by atoms with E-state index in [1.807, 2.05) is 6.08 Å². The van der Waals surface area contributed by atoms with Crippen LogP contribution in [0.5, 0.6) is 0 Å². The lowest BCUT2D eigenvalue weighted by Crippen LogP contribution is -2.12. The van der Waals surface area contributed by atoms with E-state index in [1.54, 1.807) is 19.1 Å². The standard InChI is InChI=1S/C9H10O2S/c1-6(9(10)11)7-2-4-8(12)5-3-7/h2-4,6H,5H2,1H3,(H,10,11). The summed E-state index contributed by atoms with van der Waals surface area (Å²) in [4.78, 5) is 11.4. The van der Waals surface area contributed by atoms with Gasteiger partial charge in [-0.1, -0.05) is 24.4 Å². The molecule has 1 aliphatic rings. The van der Waals surface area contributed by atoms with Crippen LogP contribution in [0.3, 0.4) is 0 Å². The number of rotatable bonds is 2. The summed E-state index contributed by atoms with van der Waals surface area (Å²) >= 11 is 4.93. The Morgan fingerprint density at radius 1 is 1.67 bits per heavy atom. The number of allylic oxidation sites excluding steroid dienone is 3. The first-order valence-corrected chi connectivity index (χ1v) is 4.16. The minimum Gasteiger partial charge on any atom is -0.481 e. The van der Waals surface area contributed by atoms with Crippen LogP contribution in [0.15, 0.2) is 23.8 Å². The van der Waals surface area contributed by atoms with Crippen LogP contribution in [-0.2, 0) is 4.79 Å². The molecule has 2 nitrogen and oxygen atoms in total. The van der Waals surface area contributed by atoms with Crippen molar-refractivity contribution in [1.82, 2.24) is 0 Å². The summed E-state index contributed by atoms with van der Waals surface area (Å²) in [7, 11) is 0. The maximum atomic E-state index is 10.6. The van der Waals surface area contributed by atoms with Crippen LogP contribution in [0.25, 0.3) is 0 Å². The Morgan fingerprint density at radius 2 is 2.33 bits per heavy atom. The van der Waals surface area contributed by atoms with E-state index in [0.29, 0.717) is 6.42 Å². The van der Waals surface area contributed by atoms with Crippen molar-refractivity contribution in [3.05, 3.63) is 23.8 Å². The number of carboxylic acid groups (broad SMARTS) is 1. The van der Waals surface area contributed by atoms with E-state index in [4.69, 9.17) is 17.3 Å². The second-order valence-electron chi connectivity index (χ2n) is 2.77. The molecule has 1 N–H and O–H groups in total. The molecule has 0 aliphatic heterocycles. The molecule has 0 bridgehead atoms. The predicted molar refractivity (Wildman–Crippen MR) is 51.2 cm³/mol. The molecule has 1 atom stereocenters. The molecule has 0 spiro atoms. The summed E-state index contributed by atoms with van der Waals surface area (Å²) in [5.74, 6) is -1.22. The van der Waals surface area contributed by atoms with Gasteiger partial charge in [0, 0.05) is 11.3 Å². The van der Waals surface area contributed by atoms with Crippen molar-refractivity contribution in [3.8, 4) is 0 Å². The summed E-state index contributed by atoms with van der Waals surface area (Å²) in [5, 5.41) is 8.69. The zero-order chi connectivity index (χ0) is 9.14. The average Bonchev–Trinajstić information content (AvgIpc) is 2.04. The first kappa shape index (κ1) is 9.13. The van der Waals surface area contributed by atoms with Crippen molar-refractivity contribution in [2.24, 2.45) is 5.92 Å². The lowest BCUT2D eigenvalue weighted by Gasteiger charge is -2.10. The molecule has 0 radical (unpaired) electrons. The van der Waals surface area contributed by atoms with Gasteiger partial charge in [-0.3, -0.25) is 4.79 Å². The molecule has 3 heteroatoms. The highest BCUT2D eigenvalue weighted by molar-refractivity contribution is 7.80. The van der Waals surface area contributed by atoms with E-state index < -0.39 is 11.9 Å². The molecule has 0 heterocycles. The van der Waals surface area contributed by atoms with Gasteiger partial charge in [-0.25, -0.2) is 0 Å². The summed E-state index contributed by atoms with van der Waals surface area (Å²) in [5.41, 5.74) is 0.844. The Hall–Kier alpha value is -0.960. The monoisotopic (exact) mass is 182 g/mol. The molecule has 0 aromatic rings. The molecule has 0 amide bonds. The minimum absolute atomic E-state index is 0.427. The molecule has 1 rings (SSSR count). The Morgan fingerprint density at radius 3 is 2.75 bits per heavy atom. The summed E-state index contributed by atoms with van der Waals surface area (Å²) < 4.78 is 0. The zero-order valence-electron chi connectivity index (χ0n) is 6.78. The number of carbonyl (C=O) groups is 1. The van der Waals surface area contributed by atoms with Crippen LogP contribution in [0.1, 0.15) is 13.3 Å². The van der Waals surface area contributed by atoms with Crippen LogP contribution >= 0.6 is 12.2 Å². The topological polar surface area (TPSA) is 37.3 Å². The van der Waals surface area contributed by atoms with Crippen LogP contribution in [0, 0.1) is 5.92 Å². The molecular weight excluding hydrogens is 172 g/mol. The third-order valence-corrected chi connectivity index (χ3v) is 2.17. The molecule has 0 aromatic carbocycles. The Labute approximate surface area is 76.6 Å². The minimum atomic E-state index is -0.793. The molecule has 0 saturated carbocycles. The van der Waals surface area contributed by atoms with Gasteiger partial charge < -0.3 is 5.11 Å². The highest BCUT2D eigenvalue weighted by Crippen LogP contribution is 2.17. The molecule has 1 aliphatic carbocycles. The Bertz CT molecular complexity index is 276. The molecule has 0 saturated heterocycles. The second kappa shape index (κ2) is 3.63. The molecule has 64 valence electrons. The fourth-order valence-corrected chi connectivity index (χ4v) is 1.16. The lowest BCUT2D eigenvalue weighted by atomic mass is 9.96. The van der Waals surface area contributed by atoms with E-state index in [0.717, 1.165) is 10.4 Å². The van der Waals surface area contributed by atoms with E-state index >= 15 is 0 Å². The number of carboxylic acids is 1. The maximum Gasteiger partial charge on any atom is 0.310 e. The fraction of sp³-hybridized carbons (Fsp3) is 0.333. The largest absolute Gasteiger partial charge is 0.481 e. The number of hydrogen-bond donors (Lipinski definition) is 1. The quantitative estimate of drug-likeness (QED) is 0.663. The van der Waals surface area contributed by atoms with Gasteiger partial charge in [-0.2, -0.15) is 0 Å². The van der Waals surface area contributed by atoms with Crippen molar-refractivity contribution in [1.29, 1.82) is 0 Å². The van der Waals surface area contributed by atoms with Crippen molar-refractivity contribution in [2.75, 3.05) is 0 Å². The van der Waals surface area contributed by atoms with E-state index in [1.165, 1.54) is 0 Å². The molecule has 0 aromatic heterocycles. The van der Waals surface area contributed by atoms with Gasteiger partial charge in [-0.05, 0) is 18.6 Å². The smallest absolute Gasteiger partial charge is 0.310 e. The average molecular weight is 182 g/mol. The van der Waals surface area contributed by atoms with Crippen LogP contribution in [0.2, 0.25) is 0 Å². The number of thiocarbonyl (C=S) groups is 1. The van der Waals surface area contributed by atoms with E-state index in [9.17, 15) is 4.79 Å². The van der Waals surface area contributed by atoms with Gasteiger partial charge in [0.2, 0.25) is 0 Å². The normalized spacial score (nSPS) is 18.8. The SMILES string of the molecule is CC(C(=O)O)C1=CCC(=S)C=C1. The van der Waals surface area contributed by atoms with Crippen LogP contribution < -0.4 is 0 Å². The molecule has 0 fully saturated rings. The first-order chi connectivity index (χ1) is 5.61. The fourth-order valence-electron chi connectivity index (χ4n) is 1.01. The van der Waals surface area contributed by atoms with Gasteiger partial charge >= 0.3 is 5.97 Å². The van der Waals surface area contributed by atoms with Gasteiger partial charge in [-0.15, -0.1) is 0 Å². The van der Waals surface area contributed by atoms with Crippen LogP contribution in [-0.4, -0.2) is 15.9 Å². The van der Waals surface area contributed by atoms with Crippen molar-refractivity contribution >= 4 is 23.1 Å². The predicted octanol–water partition coefficient (Wildman–Crippen LogP) is 1.96. The summed E-state index contributed by atoms with van der Waals surface area (Å²) in [6.07, 6.45) is 6.15. The second-order valence-corrected chi connectivity index (χ2v) is 3.29. The van der Waals surface area contributed by atoms with E-state index in [-0.39, 0.29) is 0 Å². The number of aliphatic carboxylic acids is 1. The summed E-state index contributed by atoms with van der Waals surface area (Å²) in [6.45, 7) is 1.67. The van der Waals surface area contributed by atoms with E-state index in [2.05, 4.69) is 0 Å². The zero-order valence-corrected chi connectivity index (χ0v) is 7.60. The van der Waals surface area contributed by atoms with Gasteiger partial charge in [0.25, 0.3) is 0 Å². The highest BCUT2D eigenvalue weighted by atomic mass is 32.1. The van der Waals surface area contributed by atoms with Crippen LogP contribution in [0.4, 0.5) is 0 Å². The van der Waals surface area contributed by atoms with Gasteiger partial charge in [0.05, 0.1) is 5.92 Å². The molecular formula is C9H10O2S. The van der Waals surface area contributed by atoms with Crippen molar-refractivity contribution < 1.29 is 9.90 Å². The van der Waals surface area contributed by atoms with Crippen molar-refractivity contribution in [3.63, 3.8) is 0 Å². The lowest BCUT2D eigenvalue weighted by molar-refractivity contribution is -0.139. The summed E-state index contributed by atoms with van der Waals surface area (Å²) in [6, 6.07) is 0. The third kappa shape index (κ3) is 2.01.